The van der Waals surface area contributed by atoms with Crippen molar-refractivity contribution in [3.63, 3.8) is 0 Å². The van der Waals surface area contributed by atoms with Crippen molar-refractivity contribution in [2.75, 3.05) is 6.54 Å². The lowest BCUT2D eigenvalue weighted by molar-refractivity contribution is 0.00468. The molecule has 0 bridgehead atoms. The maximum Gasteiger partial charge on any atom is 0.0973 e. The van der Waals surface area contributed by atoms with Crippen molar-refractivity contribution in [3.05, 3.63) is 66.6 Å². The van der Waals surface area contributed by atoms with Gasteiger partial charge < -0.3 is 10.4 Å². The summed E-state index contributed by atoms with van der Waals surface area (Å²) in [6.45, 7) is 1.30. The number of benzene rings is 1. The SMILES string of the molecule is OC1(CNCc2cn(-c3ccccc3)nc2-c2ccncc2)CCCCC1. The van der Waals surface area contributed by atoms with Gasteiger partial charge in [0.1, 0.15) is 0 Å². The second kappa shape index (κ2) is 8.03. The van der Waals surface area contributed by atoms with Crippen molar-refractivity contribution < 1.29 is 5.11 Å². The Labute approximate surface area is 160 Å². The molecule has 27 heavy (non-hydrogen) atoms. The molecule has 1 fully saturated rings. The van der Waals surface area contributed by atoms with E-state index in [0.29, 0.717) is 13.1 Å². The summed E-state index contributed by atoms with van der Waals surface area (Å²) < 4.78 is 1.92. The maximum absolute atomic E-state index is 10.7. The van der Waals surface area contributed by atoms with E-state index in [1.54, 1.807) is 12.4 Å². The molecule has 1 aliphatic carbocycles. The van der Waals surface area contributed by atoms with Gasteiger partial charge >= 0.3 is 0 Å². The Morgan fingerprint density at radius 3 is 2.48 bits per heavy atom. The van der Waals surface area contributed by atoms with Gasteiger partial charge in [-0.2, -0.15) is 5.10 Å². The second-order valence-electron chi connectivity index (χ2n) is 7.41. The van der Waals surface area contributed by atoms with Gasteiger partial charge in [0, 0.05) is 42.8 Å². The predicted octanol–water partition coefficient (Wildman–Crippen LogP) is 3.72. The topological polar surface area (TPSA) is 63.0 Å². The standard InChI is InChI=1S/C22H26N4O/c27-22(11-5-2-6-12-22)17-24-15-19-16-26(20-7-3-1-4-8-20)25-21(19)18-9-13-23-14-10-18/h1,3-4,7-10,13-14,16,24,27H,2,5-6,11-12,15,17H2. The zero-order valence-corrected chi connectivity index (χ0v) is 15.5. The molecule has 0 spiro atoms. The molecule has 0 amide bonds. The summed E-state index contributed by atoms with van der Waals surface area (Å²) in [7, 11) is 0. The first-order chi connectivity index (χ1) is 13.2. The summed E-state index contributed by atoms with van der Waals surface area (Å²) in [6.07, 6.45) is 10.9. The molecule has 3 aromatic rings. The van der Waals surface area contributed by atoms with Gasteiger partial charge in [0.05, 0.1) is 17.0 Å². The largest absolute Gasteiger partial charge is 0.389 e. The van der Waals surface area contributed by atoms with Crippen LogP contribution in [0.15, 0.2) is 61.1 Å². The van der Waals surface area contributed by atoms with E-state index in [1.165, 1.54) is 6.42 Å². The summed E-state index contributed by atoms with van der Waals surface area (Å²) in [5.74, 6) is 0. The molecule has 2 heterocycles. The van der Waals surface area contributed by atoms with Crippen LogP contribution in [0.1, 0.15) is 37.7 Å². The minimum absolute atomic E-state index is 0.565. The number of pyridine rings is 1. The van der Waals surface area contributed by atoms with E-state index in [2.05, 4.69) is 16.5 Å². The van der Waals surface area contributed by atoms with E-state index in [0.717, 1.165) is 48.2 Å². The van der Waals surface area contributed by atoms with Gasteiger partial charge in [-0.15, -0.1) is 0 Å². The lowest BCUT2D eigenvalue weighted by Crippen LogP contribution is -2.41. The number of aromatic nitrogens is 3. The highest BCUT2D eigenvalue weighted by atomic mass is 16.3. The monoisotopic (exact) mass is 362 g/mol. The van der Waals surface area contributed by atoms with Gasteiger partial charge in [-0.05, 0) is 37.1 Å². The highest BCUT2D eigenvalue weighted by Crippen LogP contribution is 2.28. The summed E-state index contributed by atoms with van der Waals surface area (Å²) in [5, 5.41) is 19.0. The van der Waals surface area contributed by atoms with Crippen LogP contribution < -0.4 is 5.32 Å². The molecule has 2 aromatic heterocycles. The fourth-order valence-corrected chi connectivity index (χ4v) is 3.82. The minimum Gasteiger partial charge on any atom is -0.389 e. The number of hydrogen-bond donors (Lipinski definition) is 2. The number of aliphatic hydroxyl groups is 1. The number of nitrogens with zero attached hydrogens (tertiary/aromatic N) is 3. The van der Waals surface area contributed by atoms with Crippen LogP contribution in [0.25, 0.3) is 16.9 Å². The number of nitrogens with one attached hydrogen (secondary N) is 1. The van der Waals surface area contributed by atoms with E-state index in [4.69, 9.17) is 5.10 Å². The molecule has 0 atom stereocenters. The molecular weight excluding hydrogens is 336 g/mol. The maximum atomic E-state index is 10.7. The Hall–Kier alpha value is -2.50. The zero-order chi connectivity index (χ0) is 18.5. The minimum atomic E-state index is -0.565. The van der Waals surface area contributed by atoms with Crippen LogP contribution in [-0.4, -0.2) is 32.0 Å². The fourth-order valence-electron chi connectivity index (χ4n) is 3.82. The van der Waals surface area contributed by atoms with Crippen molar-refractivity contribution in [2.45, 2.75) is 44.2 Å². The van der Waals surface area contributed by atoms with Crippen LogP contribution in [-0.2, 0) is 6.54 Å². The fraction of sp³-hybridized carbons (Fsp3) is 0.364. The molecule has 4 rings (SSSR count). The smallest absolute Gasteiger partial charge is 0.0973 e. The average Bonchev–Trinajstić information content (AvgIpc) is 3.14. The molecule has 140 valence electrons. The van der Waals surface area contributed by atoms with E-state index in [1.807, 2.05) is 47.1 Å². The Morgan fingerprint density at radius 1 is 1.00 bits per heavy atom. The van der Waals surface area contributed by atoms with E-state index < -0.39 is 5.60 Å². The van der Waals surface area contributed by atoms with Crippen molar-refractivity contribution in [3.8, 4) is 16.9 Å². The van der Waals surface area contributed by atoms with Gasteiger partial charge in [0.2, 0.25) is 0 Å². The first-order valence-electron chi connectivity index (χ1n) is 9.71. The average molecular weight is 362 g/mol. The Kier molecular flexibility index (Phi) is 5.32. The third kappa shape index (κ3) is 4.26. The van der Waals surface area contributed by atoms with Crippen LogP contribution in [0.2, 0.25) is 0 Å². The van der Waals surface area contributed by atoms with Gasteiger partial charge in [0.25, 0.3) is 0 Å². The molecule has 0 saturated heterocycles. The molecule has 5 heteroatoms. The number of rotatable bonds is 6. The summed E-state index contributed by atoms with van der Waals surface area (Å²) >= 11 is 0. The molecular formula is C22H26N4O. The highest BCUT2D eigenvalue weighted by Gasteiger charge is 2.28. The Bertz CT molecular complexity index is 855. The first-order valence-corrected chi connectivity index (χ1v) is 9.71. The lowest BCUT2D eigenvalue weighted by atomic mass is 9.85. The third-order valence-corrected chi connectivity index (χ3v) is 5.32. The van der Waals surface area contributed by atoms with Gasteiger partial charge in [-0.25, -0.2) is 4.68 Å². The molecule has 1 saturated carbocycles. The summed E-state index contributed by atoms with van der Waals surface area (Å²) in [5.41, 5.74) is 3.58. The number of para-hydroxylation sites is 1. The van der Waals surface area contributed by atoms with Gasteiger partial charge in [-0.3, -0.25) is 4.98 Å². The second-order valence-corrected chi connectivity index (χ2v) is 7.41. The first kappa shape index (κ1) is 17.9. The quantitative estimate of drug-likeness (QED) is 0.701. The predicted molar refractivity (Wildman–Crippen MR) is 107 cm³/mol. The van der Waals surface area contributed by atoms with Gasteiger partial charge in [0.15, 0.2) is 0 Å². The van der Waals surface area contributed by atoms with Crippen molar-refractivity contribution in [1.82, 2.24) is 20.1 Å². The van der Waals surface area contributed by atoms with E-state index in [9.17, 15) is 5.11 Å². The Balaban J connectivity index is 1.56. The molecule has 2 N–H and O–H groups in total. The van der Waals surface area contributed by atoms with Crippen molar-refractivity contribution >= 4 is 0 Å². The lowest BCUT2D eigenvalue weighted by Gasteiger charge is -2.32. The van der Waals surface area contributed by atoms with Crippen LogP contribution in [0, 0.1) is 0 Å². The summed E-state index contributed by atoms with van der Waals surface area (Å²) in [6, 6.07) is 14.1. The van der Waals surface area contributed by atoms with Crippen LogP contribution in [0.3, 0.4) is 0 Å². The molecule has 0 unspecified atom stereocenters. The van der Waals surface area contributed by atoms with E-state index >= 15 is 0 Å². The third-order valence-electron chi connectivity index (χ3n) is 5.32. The molecule has 0 aliphatic heterocycles. The van der Waals surface area contributed by atoms with Crippen molar-refractivity contribution in [2.24, 2.45) is 0 Å². The van der Waals surface area contributed by atoms with E-state index in [-0.39, 0.29) is 0 Å². The summed E-state index contributed by atoms with van der Waals surface area (Å²) in [4.78, 5) is 4.11. The normalized spacial score (nSPS) is 16.3. The zero-order valence-electron chi connectivity index (χ0n) is 15.5. The molecule has 0 radical (unpaired) electrons. The highest BCUT2D eigenvalue weighted by molar-refractivity contribution is 5.62. The molecule has 5 nitrogen and oxygen atoms in total. The van der Waals surface area contributed by atoms with Gasteiger partial charge in [-0.1, -0.05) is 37.5 Å². The number of hydrogen-bond acceptors (Lipinski definition) is 4. The molecule has 1 aromatic carbocycles. The Morgan fingerprint density at radius 2 is 1.74 bits per heavy atom. The van der Waals surface area contributed by atoms with Crippen molar-refractivity contribution in [1.29, 1.82) is 0 Å². The molecule has 1 aliphatic rings. The van der Waals surface area contributed by atoms with Crippen LogP contribution >= 0.6 is 0 Å². The van der Waals surface area contributed by atoms with Crippen LogP contribution in [0.4, 0.5) is 0 Å². The van der Waals surface area contributed by atoms with Crippen LogP contribution in [0.5, 0.6) is 0 Å².